The maximum absolute atomic E-state index is 13.5. The van der Waals surface area contributed by atoms with Crippen molar-refractivity contribution in [3.8, 4) is 11.8 Å². The van der Waals surface area contributed by atoms with E-state index in [9.17, 15) is 4.39 Å². The Kier molecular flexibility index (Phi) is 5.33. The number of halogens is 1. The van der Waals surface area contributed by atoms with Gasteiger partial charge in [0, 0.05) is 6.42 Å². The summed E-state index contributed by atoms with van der Waals surface area (Å²) in [4.78, 5) is 0. The van der Waals surface area contributed by atoms with E-state index in [-0.39, 0.29) is 18.0 Å². The summed E-state index contributed by atoms with van der Waals surface area (Å²) in [6.45, 7) is 6.33. The van der Waals surface area contributed by atoms with E-state index >= 15 is 0 Å². The van der Waals surface area contributed by atoms with Crippen molar-refractivity contribution in [1.82, 2.24) is 0 Å². The monoisotopic (exact) mass is 250 g/mol. The predicted molar refractivity (Wildman–Crippen MR) is 69.5 cm³/mol. The maximum Gasteiger partial charge on any atom is 0.138 e. The third-order valence-corrected chi connectivity index (χ3v) is 2.16. The van der Waals surface area contributed by atoms with E-state index in [1.807, 2.05) is 20.8 Å². The van der Waals surface area contributed by atoms with Crippen LogP contribution in [0.1, 0.15) is 38.3 Å². The van der Waals surface area contributed by atoms with Gasteiger partial charge >= 0.3 is 0 Å². The smallest absolute Gasteiger partial charge is 0.138 e. The van der Waals surface area contributed by atoms with Crippen LogP contribution in [0.3, 0.4) is 0 Å². The van der Waals surface area contributed by atoms with E-state index in [0.29, 0.717) is 18.6 Å². The van der Waals surface area contributed by atoms with Gasteiger partial charge in [-0.15, -0.1) is 0 Å². The van der Waals surface area contributed by atoms with Crippen molar-refractivity contribution in [2.45, 2.75) is 39.4 Å². The second-order valence-electron chi connectivity index (χ2n) is 4.99. The fourth-order valence-electron chi connectivity index (χ4n) is 1.27. The summed E-state index contributed by atoms with van der Waals surface area (Å²) in [5.41, 5.74) is 1.01. The van der Waals surface area contributed by atoms with Crippen molar-refractivity contribution in [1.29, 1.82) is 0 Å². The fourth-order valence-corrected chi connectivity index (χ4v) is 1.27. The average molecular weight is 250 g/mol. The number of benzene rings is 1. The van der Waals surface area contributed by atoms with Gasteiger partial charge in [-0.1, -0.05) is 17.9 Å². The lowest BCUT2D eigenvalue weighted by Gasteiger charge is -2.19. The average Bonchev–Trinajstić information content (AvgIpc) is 2.29. The molecule has 0 saturated carbocycles. The number of hydrogen-bond acceptors (Lipinski definition) is 2. The van der Waals surface area contributed by atoms with E-state index in [1.54, 1.807) is 12.1 Å². The van der Waals surface area contributed by atoms with E-state index in [1.165, 1.54) is 6.07 Å². The highest BCUT2D eigenvalue weighted by atomic mass is 19.1. The molecule has 98 valence electrons. The van der Waals surface area contributed by atoms with Gasteiger partial charge in [-0.05, 0) is 38.5 Å². The molecular weight excluding hydrogens is 231 g/mol. The Hall–Kier alpha value is -1.37. The Balaban J connectivity index is 2.78. The minimum atomic E-state index is -0.347. The molecule has 1 aromatic carbocycles. The minimum absolute atomic E-state index is 0.0125. The summed E-state index contributed by atoms with van der Waals surface area (Å²) < 4.78 is 19.1. The van der Waals surface area contributed by atoms with Crippen molar-refractivity contribution in [2.75, 3.05) is 6.61 Å². The zero-order valence-corrected chi connectivity index (χ0v) is 11.1. The van der Waals surface area contributed by atoms with Crippen molar-refractivity contribution < 1.29 is 14.2 Å². The SMILES string of the molecule is CC(C)(C)OCc1ccc(F)c(C#CCCO)c1. The predicted octanol–water partition coefficient (Wildman–Crippen LogP) is 2.87. The van der Waals surface area contributed by atoms with Crippen LogP contribution < -0.4 is 0 Å². The van der Waals surface area contributed by atoms with Gasteiger partial charge in [0.05, 0.1) is 24.4 Å². The van der Waals surface area contributed by atoms with Crippen LogP contribution in [0.25, 0.3) is 0 Å². The number of hydrogen-bond donors (Lipinski definition) is 1. The van der Waals surface area contributed by atoms with Crippen molar-refractivity contribution >= 4 is 0 Å². The van der Waals surface area contributed by atoms with Crippen molar-refractivity contribution in [3.05, 3.63) is 35.1 Å². The van der Waals surface area contributed by atoms with Crippen LogP contribution in [0.15, 0.2) is 18.2 Å². The summed E-state index contributed by atoms with van der Waals surface area (Å²) >= 11 is 0. The largest absolute Gasteiger partial charge is 0.395 e. The summed E-state index contributed by atoms with van der Waals surface area (Å²) in [5.74, 6) is 5.07. The van der Waals surface area contributed by atoms with Gasteiger partial charge in [0.2, 0.25) is 0 Å². The first-order valence-electron chi connectivity index (χ1n) is 5.94. The van der Waals surface area contributed by atoms with Gasteiger partial charge in [-0.25, -0.2) is 4.39 Å². The molecule has 0 amide bonds. The lowest BCUT2D eigenvalue weighted by Crippen LogP contribution is -2.18. The number of aliphatic hydroxyl groups excluding tert-OH is 1. The Bertz CT molecular complexity index is 450. The zero-order chi connectivity index (χ0) is 13.6. The maximum atomic E-state index is 13.5. The molecule has 0 aliphatic rings. The first-order valence-corrected chi connectivity index (χ1v) is 5.94. The number of aliphatic hydroxyl groups is 1. The standard InChI is InChI=1S/C15H19FO2/c1-15(2,3)18-11-12-7-8-14(16)13(10-12)6-4-5-9-17/h7-8,10,17H,5,9,11H2,1-3H3. The van der Waals surface area contributed by atoms with Gasteiger partial charge in [0.15, 0.2) is 0 Å². The van der Waals surface area contributed by atoms with Crippen molar-refractivity contribution in [2.24, 2.45) is 0 Å². The van der Waals surface area contributed by atoms with Gasteiger partial charge in [-0.2, -0.15) is 0 Å². The summed E-state index contributed by atoms with van der Waals surface area (Å²) in [7, 11) is 0. The number of ether oxygens (including phenoxy) is 1. The van der Waals surface area contributed by atoms with E-state index in [4.69, 9.17) is 9.84 Å². The Morgan fingerprint density at radius 1 is 1.33 bits per heavy atom. The lowest BCUT2D eigenvalue weighted by atomic mass is 10.1. The van der Waals surface area contributed by atoms with Gasteiger partial charge in [0.1, 0.15) is 5.82 Å². The Morgan fingerprint density at radius 3 is 2.67 bits per heavy atom. The molecule has 2 nitrogen and oxygen atoms in total. The lowest BCUT2D eigenvalue weighted by molar-refractivity contribution is -0.0149. The Labute approximate surface area is 108 Å². The molecule has 0 unspecified atom stereocenters. The van der Waals surface area contributed by atoms with Crippen LogP contribution in [0, 0.1) is 17.7 Å². The molecule has 0 atom stereocenters. The molecular formula is C15H19FO2. The van der Waals surface area contributed by atoms with Crippen LogP contribution >= 0.6 is 0 Å². The highest BCUT2D eigenvalue weighted by Gasteiger charge is 2.10. The molecule has 0 saturated heterocycles. The molecule has 0 fully saturated rings. The molecule has 0 radical (unpaired) electrons. The summed E-state index contributed by atoms with van der Waals surface area (Å²) in [5, 5.41) is 8.63. The molecule has 1 aromatic rings. The van der Waals surface area contributed by atoms with Gasteiger partial charge in [0.25, 0.3) is 0 Å². The Morgan fingerprint density at radius 2 is 2.06 bits per heavy atom. The molecule has 1 N–H and O–H groups in total. The fraction of sp³-hybridized carbons (Fsp3) is 0.467. The molecule has 0 aliphatic heterocycles. The minimum Gasteiger partial charge on any atom is -0.395 e. The molecule has 0 heterocycles. The first-order chi connectivity index (χ1) is 8.42. The molecule has 0 aromatic heterocycles. The van der Waals surface area contributed by atoms with Crippen molar-refractivity contribution in [3.63, 3.8) is 0 Å². The van der Waals surface area contributed by atoms with Crippen LogP contribution in [-0.4, -0.2) is 17.3 Å². The van der Waals surface area contributed by atoms with Crippen LogP contribution in [0.4, 0.5) is 4.39 Å². The highest BCUT2D eigenvalue weighted by molar-refractivity contribution is 5.38. The second kappa shape index (κ2) is 6.53. The summed E-state index contributed by atoms with van der Waals surface area (Å²) in [6, 6.07) is 4.77. The van der Waals surface area contributed by atoms with E-state index in [2.05, 4.69) is 11.8 Å². The number of rotatable bonds is 3. The molecule has 0 spiro atoms. The third kappa shape index (κ3) is 5.31. The quantitative estimate of drug-likeness (QED) is 0.836. The van der Waals surface area contributed by atoms with E-state index in [0.717, 1.165) is 5.56 Å². The zero-order valence-electron chi connectivity index (χ0n) is 11.1. The van der Waals surface area contributed by atoms with Crippen LogP contribution in [-0.2, 0) is 11.3 Å². The van der Waals surface area contributed by atoms with Crippen LogP contribution in [0.2, 0.25) is 0 Å². The normalized spacial score (nSPS) is 10.9. The molecule has 1 rings (SSSR count). The molecule has 0 aliphatic carbocycles. The second-order valence-corrected chi connectivity index (χ2v) is 4.99. The molecule has 0 bridgehead atoms. The van der Waals surface area contributed by atoms with E-state index < -0.39 is 0 Å². The topological polar surface area (TPSA) is 29.5 Å². The van der Waals surface area contributed by atoms with Gasteiger partial charge in [-0.3, -0.25) is 0 Å². The molecule has 18 heavy (non-hydrogen) atoms. The first kappa shape index (κ1) is 14.7. The third-order valence-electron chi connectivity index (χ3n) is 2.16. The highest BCUT2D eigenvalue weighted by Crippen LogP contribution is 2.14. The molecule has 3 heteroatoms. The van der Waals surface area contributed by atoms with Gasteiger partial charge < -0.3 is 9.84 Å². The summed E-state index contributed by atoms with van der Waals surface area (Å²) in [6.07, 6.45) is 0.349. The van der Waals surface area contributed by atoms with Crippen LogP contribution in [0.5, 0.6) is 0 Å².